The molecule has 0 saturated heterocycles. The van der Waals surface area contributed by atoms with Crippen LogP contribution in [0.2, 0.25) is 0 Å². The van der Waals surface area contributed by atoms with E-state index in [2.05, 4.69) is 4.98 Å². The standard InChI is InChI=1S/C21H22N2O3/c1-2-18-19(13-16-9-5-3-6-10-16)23(21(25)22-20(18)24)15-26-14-17-11-7-4-8-12-17/h3-12H,2,13-15H2,1H3,(H,22,24,25). The maximum absolute atomic E-state index is 12.4. The predicted octanol–water partition coefficient (Wildman–Crippen LogP) is 2.86. The molecule has 0 aliphatic rings. The molecule has 0 radical (unpaired) electrons. The number of hydrogen-bond acceptors (Lipinski definition) is 3. The van der Waals surface area contributed by atoms with Gasteiger partial charge in [-0.15, -0.1) is 0 Å². The summed E-state index contributed by atoms with van der Waals surface area (Å²) in [6.07, 6.45) is 1.06. The first kappa shape index (κ1) is 17.9. The second-order valence-corrected chi connectivity index (χ2v) is 6.09. The molecule has 0 bridgehead atoms. The highest BCUT2D eigenvalue weighted by Gasteiger charge is 2.14. The summed E-state index contributed by atoms with van der Waals surface area (Å²) in [7, 11) is 0. The number of ether oxygens (including phenoxy) is 1. The van der Waals surface area contributed by atoms with Crippen molar-refractivity contribution in [1.82, 2.24) is 9.55 Å². The van der Waals surface area contributed by atoms with E-state index < -0.39 is 5.69 Å². The van der Waals surface area contributed by atoms with Crippen molar-refractivity contribution in [2.45, 2.75) is 33.1 Å². The van der Waals surface area contributed by atoms with E-state index in [1.54, 1.807) is 0 Å². The second kappa shape index (κ2) is 8.45. The van der Waals surface area contributed by atoms with Crippen molar-refractivity contribution in [3.05, 3.63) is 104 Å². The van der Waals surface area contributed by atoms with Crippen LogP contribution < -0.4 is 11.2 Å². The topological polar surface area (TPSA) is 64.1 Å². The molecular formula is C21H22N2O3. The van der Waals surface area contributed by atoms with Gasteiger partial charge in [-0.2, -0.15) is 0 Å². The van der Waals surface area contributed by atoms with E-state index >= 15 is 0 Å². The van der Waals surface area contributed by atoms with Crippen LogP contribution in [0.25, 0.3) is 0 Å². The molecule has 0 aliphatic carbocycles. The quantitative estimate of drug-likeness (QED) is 0.713. The fraction of sp³-hybridized carbons (Fsp3) is 0.238. The maximum atomic E-state index is 12.4. The largest absolute Gasteiger partial charge is 0.356 e. The molecule has 1 heterocycles. The Balaban J connectivity index is 1.90. The van der Waals surface area contributed by atoms with Crippen LogP contribution in [0.3, 0.4) is 0 Å². The van der Waals surface area contributed by atoms with Crippen molar-refractivity contribution in [2.75, 3.05) is 0 Å². The number of rotatable bonds is 7. The van der Waals surface area contributed by atoms with Crippen LogP contribution in [0.15, 0.2) is 70.3 Å². The van der Waals surface area contributed by atoms with Crippen LogP contribution >= 0.6 is 0 Å². The van der Waals surface area contributed by atoms with Crippen LogP contribution in [-0.2, 0) is 30.9 Å². The van der Waals surface area contributed by atoms with Crippen molar-refractivity contribution >= 4 is 0 Å². The van der Waals surface area contributed by atoms with Crippen molar-refractivity contribution in [1.29, 1.82) is 0 Å². The van der Waals surface area contributed by atoms with Crippen molar-refractivity contribution in [3.8, 4) is 0 Å². The highest BCUT2D eigenvalue weighted by molar-refractivity contribution is 5.27. The Morgan fingerprint density at radius 1 is 0.923 bits per heavy atom. The molecule has 1 aromatic heterocycles. The van der Waals surface area contributed by atoms with Gasteiger partial charge in [0.2, 0.25) is 0 Å². The summed E-state index contributed by atoms with van der Waals surface area (Å²) in [6.45, 7) is 2.41. The number of benzene rings is 2. The molecule has 0 atom stereocenters. The molecule has 0 fully saturated rings. The molecule has 3 aromatic rings. The van der Waals surface area contributed by atoms with Gasteiger partial charge in [-0.05, 0) is 17.5 Å². The first-order valence-electron chi connectivity index (χ1n) is 8.69. The lowest BCUT2D eigenvalue weighted by Crippen LogP contribution is -2.36. The summed E-state index contributed by atoms with van der Waals surface area (Å²) < 4.78 is 7.27. The number of nitrogens with one attached hydrogen (secondary N) is 1. The van der Waals surface area contributed by atoms with Gasteiger partial charge in [0.25, 0.3) is 5.56 Å². The third kappa shape index (κ3) is 4.18. The Bertz CT molecular complexity index is 960. The lowest BCUT2D eigenvalue weighted by molar-refractivity contribution is 0.0589. The van der Waals surface area contributed by atoms with Crippen LogP contribution in [0.1, 0.15) is 29.3 Å². The number of aromatic amines is 1. The fourth-order valence-corrected chi connectivity index (χ4v) is 2.98. The highest BCUT2D eigenvalue weighted by atomic mass is 16.5. The molecule has 0 spiro atoms. The van der Waals surface area contributed by atoms with Gasteiger partial charge in [0.05, 0.1) is 6.61 Å². The third-order valence-corrected chi connectivity index (χ3v) is 4.31. The minimum atomic E-state index is -0.439. The number of H-pyrrole nitrogens is 1. The molecule has 0 amide bonds. The van der Waals surface area contributed by atoms with Gasteiger partial charge in [-0.1, -0.05) is 67.6 Å². The zero-order chi connectivity index (χ0) is 18.4. The highest BCUT2D eigenvalue weighted by Crippen LogP contribution is 2.12. The number of aromatic nitrogens is 2. The van der Waals surface area contributed by atoms with E-state index in [1.807, 2.05) is 67.6 Å². The van der Waals surface area contributed by atoms with Gasteiger partial charge in [-0.3, -0.25) is 14.3 Å². The molecule has 5 nitrogen and oxygen atoms in total. The molecular weight excluding hydrogens is 328 g/mol. The van der Waals surface area contributed by atoms with Crippen LogP contribution in [0, 0.1) is 0 Å². The minimum Gasteiger partial charge on any atom is -0.356 e. The van der Waals surface area contributed by atoms with Crippen LogP contribution in [0.5, 0.6) is 0 Å². The third-order valence-electron chi connectivity index (χ3n) is 4.31. The molecule has 0 unspecified atom stereocenters. The van der Waals surface area contributed by atoms with E-state index in [0.29, 0.717) is 30.7 Å². The molecule has 1 N–H and O–H groups in total. The summed E-state index contributed by atoms with van der Waals surface area (Å²) in [6, 6.07) is 19.6. The Morgan fingerprint density at radius 3 is 2.15 bits per heavy atom. The zero-order valence-corrected chi connectivity index (χ0v) is 14.8. The number of nitrogens with zero attached hydrogens (tertiary/aromatic N) is 1. The first-order valence-corrected chi connectivity index (χ1v) is 8.69. The van der Waals surface area contributed by atoms with Crippen LogP contribution in [0.4, 0.5) is 0 Å². The lowest BCUT2D eigenvalue weighted by atomic mass is 10.0. The van der Waals surface area contributed by atoms with Gasteiger partial charge in [0, 0.05) is 17.7 Å². The van der Waals surface area contributed by atoms with E-state index in [9.17, 15) is 9.59 Å². The lowest BCUT2D eigenvalue weighted by Gasteiger charge is -2.16. The summed E-state index contributed by atoms with van der Waals surface area (Å²) in [5, 5.41) is 0. The molecule has 0 aliphatic heterocycles. The molecule has 2 aromatic carbocycles. The molecule has 0 saturated carbocycles. The summed E-state index contributed by atoms with van der Waals surface area (Å²) in [4.78, 5) is 27.0. The van der Waals surface area contributed by atoms with E-state index in [0.717, 1.165) is 11.1 Å². The van der Waals surface area contributed by atoms with Crippen molar-refractivity contribution in [3.63, 3.8) is 0 Å². The van der Waals surface area contributed by atoms with Crippen molar-refractivity contribution in [2.24, 2.45) is 0 Å². The van der Waals surface area contributed by atoms with Gasteiger partial charge in [0.1, 0.15) is 6.73 Å². The molecule has 26 heavy (non-hydrogen) atoms. The van der Waals surface area contributed by atoms with Gasteiger partial charge in [-0.25, -0.2) is 4.79 Å². The Kier molecular flexibility index (Phi) is 5.81. The van der Waals surface area contributed by atoms with E-state index in [-0.39, 0.29) is 12.3 Å². The minimum absolute atomic E-state index is 0.0969. The summed E-state index contributed by atoms with van der Waals surface area (Å²) in [5.41, 5.74) is 2.65. The van der Waals surface area contributed by atoms with Crippen molar-refractivity contribution < 1.29 is 4.74 Å². The van der Waals surface area contributed by atoms with Crippen LogP contribution in [-0.4, -0.2) is 9.55 Å². The van der Waals surface area contributed by atoms with Gasteiger partial charge >= 0.3 is 5.69 Å². The Labute approximate surface area is 151 Å². The van der Waals surface area contributed by atoms with Gasteiger partial charge < -0.3 is 4.74 Å². The average molecular weight is 350 g/mol. The number of hydrogen-bond donors (Lipinski definition) is 1. The summed E-state index contributed by atoms with van der Waals surface area (Å²) >= 11 is 0. The summed E-state index contributed by atoms with van der Waals surface area (Å²) in [5.74, 6) is 0. The smallest absolute Gasteiger partial charge is 0.330 e. The maximum Gasteiger partial charge on any atom is 0.330 e. The predicted molar refractivity (Wildman–Crippen MR) is 101 cm³/mol. The fourth-order valence-electron chi connectivity index (χ4n) is 2.98. The van der Waals surface area contributed by atoms with E-state index in [4.69, 9.17) is 4.74 Å². The first-order chi connectivity index (χ1) is 12.7. The molecule has 5 heteroatoms. The SMILES string of the molecule is CCc1c(Cc2ccccc2)n(COCc2ccccc2)c(=O)[nH]c1=O. The van der Waals surface area contributed by atoms with Gasteiger partial charge in [0.15, 0.2) is 0 Å². The monoisotopic (exact) mass is 350 g/mol. The van der Waals surface area contributed by atoms with E-state index in [1.165, 1.54) is 4.57 Å². The second-order valence-electron chi connectivity index (χ2n) is 6.09. The Morgan fingerprint density at radius 2 is 1.54 bits per heavy atom. The molecule has 134 valence electrons. The Hall–Kier alpha value is -2.92. The molecule has 3 rings (SSSR count). The average Bonchev–Trinajstić information content (AvgIpc) is 2.66. The normalized spacial score (nSPS) is 10.8. The zero-order valence-electron chi connectivity index (χ0n) is 14.8.